The van der Waals surface area contributed by atoms with E-state index in [2.05, 4.69) is 4.98 Å². The Labute approximate surface area is 113 Å². The average molecular weight is 281 g/mol. The molecule has 0 aliphatic heterocycles. The van der Waals surface area contributed by atoms with Crippen LogP contribution in [0.15, 0.2) is 46.5 Å². The van der Waals surface area contributed by atoms with E-state index in [-0.39, 0.29) is 5.56 Å². The van der Waals surface area contributed by atoms with Gasteiger partial charge in [0.2, 0.25) is 0 Å². The first-order valence-corrected chi connectivity index (χ1v) is 6.18. The summed E-state index contributed by atoms with van der Waals surface area (Å²) in [5.74, 6) is -1.02. The van der Waals surface area contributed by atoms with E-state index in [1.54, 1.807) is 24.3 Å². The Bertz CT molecular complexity index is 587. The number of carboxylic acid groups (broad SMARTS) is 1. The molecule has 18 heavy (non-hydrogen) atoms. The van der Waals surface area contributed by atoms with Crippen LogP contribution in [0.2, 0.25) is 5.02 Å². The number of benzene rings is 1. The van der Waals surface area contributed by atoms with Crippen molar-refractivity contribution >= 4 is 35.0 Å². The summed E-state index contributed by atoms with van der Waals surface area (Å²) in [4.78, 5) is 15.7. The molecule has 1 heterocycles. The molecule has 6 heteroatoms. The highest BCUT2D eigenvalue weighted by Gasteiger charge is 2.14. The minimum Gasteiger partial charge on any atom is -0.478 e. The number of hydrogen-bond acceptors (Lipinski definition) is 4. The summed E-state index contributed by atoms with van der Waals surface area (Å²) in [6, 6.07) is 8.18. The summed E-state index contributed by atoms with van der Waals surface area (Å²) in [6.45, 7) is 0. The van der Waals surface area contributed by atoms with Gasteiger partial charge in [-0.15, -0.1) is 0 Å². The minimum absolute atomic E-state index is 0.164. The van der Waals surface area contributed by atoms with Gasteiger partial charge < -0.3 is 10.8 Å². The molecule has 0 bridgehead atoms. The number of nitrogen functional groups attached to an aromatic ring is 1. The van der Waals surface area contributed by atoms with Crippen molar-refractivity contribution in [1.82, 2.24) is 4.98 Å². The van der Waals surface area contributed by atoms with Crippen LogP contribution in [0.1, 0.15) is 10.4 Å². The molecule has 0 saturated carbocycles. The van der Waals surface area contributed by atoms with Crippen LogP contribution in [0, 0.1) is 0 Å². The molecule has 0 aliphatic carbocycles. The van der Waals surface area contributed by atoms with Crippen LogP contribution in [0.25, 0.3) is 0 Å². The number of nitrogens with two attached hydrogens (primary N) is 1. The lowest BCUT2D eigenvalue weighted by Crippen LogP contribution is -2.01. The molecule has 0 aliphatic rings. The highest BCUT2D eigenvalue weighted by atomic mass is 35.5. The van der Waals surface area contributed by atoms with E-state index >= 15 is 0 Å². The second-order valence-electron chi connectivity index (χ2n) is 3.45. The third-order valence-corrected chi connectivity index (χ3v) is 3.52. The summed E-state index contributed by atoms with van der Waals surface area (Å²) in [5, 5.41) is 10.3. The van der Waals surface area contributed by atoms with Crippen LogP contribution in [0.5, 0.6) is 0 Å². The van der Waals surface area contributed by atoms with Crippen molar-refractivity contribution in [3.63, 3.8) is 0 Å². The van der Waals surface area contributed by atoms with Gasteiger partial charge in [-0.1, -0.05) is 29.4 Å². The second kappa shape index (κ2) is 5.29. The molecule has 3 N–H and O–H groups in total. The van der Waals surface area contributed by atoms with E-state index < -0.39 is 5.97 Å². The molecular formula is C12H9ClN2O2S. The van der Waals surface area contributed by atoms with Crippen LogP contribution in [0.4, 0.5) is 5.69 Å². The average Bonchev–Trinajstić information content (AvgIpc) is 2.34. The van der Waals surface area contributed by atoms with Crippen LogP contribution in [0.3, 0.4) is 0 Å². The third-order valence-electron chi connectivity index (χ3n) is 2.18. The van der Waals surface area contributed by atoms with Gasteiger partial charge in [0.05, 0.1) is 15.5 Å². The highest BCUT2D eigenvalue weighted by Crippen LogP contribution is 2.34. The first kappa shape index (κ1) is 12.7. The molecule has 2 aromatic rings. The summed E-state index contributed by atoms with van der Waals surface area (Å²) < 4.78 is 0. The van der Waals surface area contributed by atoms with Crippen molar-refractivity contribution in [3.05, 3.63) is 47.1 Å². The zero-order valence-corrected chi connectivity index (χ0v) is 10.7. The molecule has 0 radical (unpaired) electrons. The predicted octanol–water partition coefficient (Wildman–Crippen LogP) is 3.17. The fourth-order valence-electron chi connectivity index (χ4n) is 1.36. The first-order chi connectivity index (χ1) is 8.58. The van der Waals surface area contributed by atoms with E-state index in [1.807, 2.05) is 0 Å². The number of nitrogens with zero attached hydrogens (tertiary/aromatic N) is 1. The van der Waals surface area contributed by atoms with Crippen molar-refractivity contribution in [2.24, 2.45) is 0 Å². The van der Waals surface area contributed by atoms with Gasteiger partial charge in [0, 0.05) is 11.9 Å². The number of hydrogen-bond donors (Lipinski definition) is 2. The second-order valence-corrected chi connectivity index (χ2v) is 4.91. The fourth-order valence-corrected chi connectivity index (χ4v) is 2.38. The standard InChI is InChI=1S/C12H9ClN2O2S/c13-7-4-5-10(15-6-7)18-11-8(12(16)17)2-1-3-9(11)14/h1-6H,14H2,(H,16,17). The summed E-state index contributed by atoms with van der Waals surface area (Å²) >= 11 is 6.94. The molecule has 0 atom stereocenters. The Balaban J connectivity index is 2.39. The Hall–Kier alpha value is -1.72. The fraction of sp³-hybridized carbons (Fsp3) is 0. The zero-order chi connectivity index (χ0) is 13.1. The Morgan fingerprint density at radius 3 is 2.72 bits per heavy atom. The lowest BCUT2D eigenvalue weighted by molar-refractivity contribution is 0.0693. The molecule has 2 rings (SSSR count). The van der Waals surface area contributed by atoms with Gasteiger partial charge in [-0.05, 0) is 24.3 Å². The number of pyridine rings is 1. The quantitative estimate of drug-likeness (QED) is 0.845. The number of carbonyl (C=O) groups is 1. The lowest BCUT2D eigenvalue weighted by atomic mass is 10.2. The van der Waals surface area contributed by atoms with Crippen molar-refractivity contribution in [2.45, 2.75) is 9.92 Å². The van der Waals surface area contributed by atoms with E-state index in [0.29, 0.717) is 20.6 Å². The van der Waals surface area contributed by atoms with Crippen molar-refractivity contribution in [2.75, 3.05) is 5.73 Å². The maximum atomic E-state index is 11.1. The van der Waals surface area contributed by atoms with Gasteiger partial charge >= 0.3 is 5.97 Å². The molecule has 0 amide bonds. The topological polar surface area (TPSA) is 76.2 Å². The SMILES string of the molecule is Nc1cccc(C(=O)O)c1Sc1ccc(Cl)cn1. The van der Waals surface area contributed by atoms with Crippen molar-refractivity contribution < 1.29 is 9.90 Å². The van der Waals surface area contributed by atoms with Crippen molar-refractivity contribution in [1.29, 1.82) is 0 Å². The Kier molecular flexibility index (Phi) is 3.74. The van der Waals surface area contributed by atoms with Gasteiger partial charge in [-0.2, -0.15) is 0 Å². The van der Waals surface area contributed by atoms with E-state index in [1.165, 1.54) is 24.0 Å². The lowest BCUT2D eigenvalue weighted by Gasteiger charge is -2.08. The molecule has 4 nitrogen and oxygen atoms in total. The Morgan fingerprint density at radius 1 is 1.33 bits per heavy atom. The molecule has 1 aromatic heterocycles. The van der Waals surface area contributed by atoms with E-state index in [0.717, 1.165) is 0 Å². The number of anilines is 1. The molecule has 0 spiro atoms. The van der Waals surface area contributed by atoms with Gasteiger partial charge in [-0.25, -0.2) is 9.78 Å². The monoisotopic (exact) mass is 280 g/mol. The van der Waals surface area contributed by atoms with Crippen LogP contribution in [-0.2, 0) is 0 Å². The van der Waals surface area contributed by atoms with Gasteiger partial charge in [-0.3, -0.25) is 0 Å². The number of rotatable bonds is 3. The van der Waals surface area contributed by atoms with Gasteiger partial charge in [0.15, 0.2) is 0 Å². The van der Waals surface area contributed by atoms with E-state index in [4.69, 9.17) is 22.4 Å². The molecule has 0 fully saturated rings. The molecule has 0 unspecified atom stereocenters. The number of aromatic carboxylic acids is 1. The normalized spacial score (nSPS) is 10.3. The molecule has 0 saturated heterocycles. The smallest absolute Gasteiger partial charge is 0.336 e. The first-order valence-electron chi connectivity index (χ1n) is 4.99. The number of aromatic nitrogens is 1. The minimum atomic E-state index is -1.02. The summed E-state index contributed by atoms with van der Waals surface area (Å²) in [6.07, 6.45) is 1.50. The summed E-state index contributed by atoms with van der Waals surface area (Å²) in [7, 11) is 0. The number of carboxylic acids is 1. The van der Waals surface area contributed by atoms with Crippen LogP contribution in [-0.4, -0.2) is 16.1 Å². The van der Waals surface area contributed by atoms with E-state index in [9.17, 15) is 4.79 Å². The van der Waals surface area contributed by atoms with Gasteiger partial charge in [0.1, 0.15) is 5.03 Å². The van der Waals surface area contributed by atoms with Crippen LogP contribution >= 0.6 is 23.4 Å². The van der Waals surface area contributed by atoms with Gasteiger partial charge in [0.25, 0.3) is 0 Å². The molecular weight excluding hydrogens is 272 g/mol. The molecule has 1 aromatic carbocycles. The maximum Gasteiger partial charge on any atom is 0.336 e. The maximum absolute atomic E-state index is 11.1. The Morgan fingerprint density at radius 2 is 2.11 bits per heavy atom. The summed E-state index contributed by atoms with van der Waals surface area (Å²) in [5.41, 5.74) is 6.38. The largest absolute Gasteiger partial charge is 0.478 e. The number of halogens is 1. The van der Waals surface area contributed by atoms with Crippen LogP contribution < -0.4 is 5.73 Å². The predicted molar refractivity (Wildman–Crippen MR) is 71.2 cm³/mol. The third kappa shape index (κ3) is 2.75. The highest BCUT2D eigenvalue weighted by molar-refractivity contribution is 7.99. The molecule has 92 valence electrons. The zero-order valence-electron chi connectivity index (χ0n) is 9.13. The van der Waals surface area contributed by atoms with Crippen molar-refractivity contribution in [3.8, 4) is 0 Å².